The maximum absolute atomic E-state index is 13.0. The number of urea groups is 1. The predicted molar refractivity (Wildman–Crippen MR) is 145 cm³/mol. The van der Waals surface area contributed by atoms with Crippen molar-refractivity contribution in [2.45, 2.75) is 24.4 Å². The number of benzene rings is 3. The van der Waals surface area contributed by atoms with E-state index in [1.165, 1.54) is 17.7 Å². The molecule has 5 aromatic rings. The molecule has 0 bridgehead atoms. The highest BCUT2D eigenvalue weighted by molar-refractivity contribution is 6.00. The lowest BCUT2D eigenvalue weighted by atomic mass is 10.0. The molecular formula is C30H24F3N5O. The van der Waals surface area contributed by atoms with Crippen LogP contribution in [0.2, 0.25) is 0 Å². The van der Waals surface area contributed by atoms with E-state index < -0.39 is 17.8 Å². The summed E-state index contributed by atoms with van der Waals surface area (Å²) in [6, 6.07) is 23.7. The fourth-order valence-corrected chi connectivity index (χ4v) is 4.95. The summed E-state index contributed by atoms with van der Waals surface area (Å²) in [5.74, 6) is 0.782. The Labute approximate surface area is 222 Å². The lowest BCUT2D eigenvalue weighted by Crippen LogP contribution is -2.19. The molecule has 0 aliphatic heterocycles. The smallest absolute Gasteiger partial charge is 0.308 e. The standard InChI is InChI=1S/C30H24F3N5O/c1-38-28-26(17-34-38)24(16-27(37-28)25-15-23(25)18-6-3-2-4-7-18)19-10-12-21(13-11-19)35-29(39)36-22-9-5-8-20(14-22)30(31,32)33/h2-14,16-17,23,25H,15H2,1H3,(H2,35,36,39). The second kappa shape index (κ2) is 9.58. The van der Waals surface area contributed by atoms with Gasteiger partial charge in [-0.1, -0.05) is 48.5 Å². The van der Waals surface area contributed by atoms with E-state index in [0.717, 1.165) is 46.4 Å². The van der Waals surface area contributed by atoms with Gasteiger partial charge in [-0.3, -0.25) is 4.68 Å². The summed E-state index contributed by atoms with van der Waals surface area (Å²) < 4.78 is 40.7. The number of nitrogens with one attached hydrogen (secondary N) is 2. The number of hydrogen-bond donors (Lipinski definition) is 2. The van der Waals surface area contributed by atoms with Gasteiger partial charge in [-0.05, 0) is 65.4 Å². The normalized spacial score (nSPS) is 16.7. The van der Waals surface area contributed by atoms with E-state index in [1.54, 1.807) is 23.0 Å². The molecule has 1 aliphatic rings. The summed E-state index contributed by atoms with van der Waals surface area (Å²) >= 11 is 0. The maximum atomic E-state index is 13.0. The molecule has 2 aromatic heterocycles. The fourth-order valence-electron chi connectivity index (χ4n) is 4.95. The van der Waals surface area contributed by atoms with Crippen molar-refractivity contribution in [1.82, 2.24) is 14.8 Å². The Bertz CT molecular complexity index is 1660. The Balaban J connectivity index is 1.22. The van der Waals surface area contributed by atoms with E-state index in [0.29, 0.717) is 17.5 Å². The first-order valence-corrected chi connectivity index (χ1v) is 12.5. The fraction of sp³-hybridized carbons (Fsp3) is 0.167. The number of fused-ring (bicyclic) bond motifs is 1. The van der Waals surface area contributed by atoms with Gasteiger partial charge in [-0.15, -0.1) is 0 Å². The van der Waals surface area contributed by atoms with Gasteiger partial charge in [0, 0.05) is 35.4 Å². The van der Waals surface area contributed by atoms with Crippen LogP contribution < -0.4 is 10.6 Å². The first kappa shape index (κ1) is 24.7. The number of nitrogens with zero attached hydrogens (tertiary/aromatic N) is 3. The Hall–Kier alpha value is -4.66. The van der Waals surface area contributed by atoms with Gasteiger partial charge < -0.3 is 10.6 Å². The molecule has 9 heteroatoms. The maximum Gasteiger partial charge on any atom is 0.416 e. The number of halogens is 3. The van der Waals surface area contributed by atoms with E-state index in [-0.39, 0.29) is 5.69 Å². The number of amides is 2. The molecule has 6 nitrogen and oxygen atoms in total. The molecule has 2 heterocycles. The molecule has 1 saturated carbocycles. The molecule has 2 atom stereocenters. The van der Waals surface area contributed by atoms with Gasteiger partial charge in [0.15, 0.2) is 5.65 Å². The van der Waals surface area contributed by atoms with Crippen molar-refractivity contribution >= 4 is 28.4 Å². The molecule has 3 aromatic carbocycles. The minimum absolute atomic E-state index is 0.0520. The third-order valence-corrected chi connectivity index (χ3v) is 7.02. The number of anilines is 2. The molecule has 1 aliphatic carbocycles. The van der Waals surface area contributed by atoms with Crippen LogP contribution in [0.3, 0.4) is 0 Å². The van der Waals surface area contributed by atoms with E-state index in [2.05, 4.69) is 46.1 Å². The number of aromatic nitrogens is 3. The summed E-state index contributed by atoms with van der Waals surface area (Å²) in [5.41, 5.74) is 4.82. The largest absolute Gasteiger partial charge is 0.416 e. The zero-order valence-corrected chi connectivity index (χ0v) is 20.9. The zero-order valence-electron chi connectivity index (χ0n) is 20.9. The Morgan fingerprint density at radius 3 is 2.38 bits per heavy atom. The van der Waals surface area contributed by atoms with Crippen LogP contribution in [-0.2, 0) is 13.2 Å². The first-order chi connectivity index (χ1) is 18.8. The quantitative estimate of drug-likeness (QED) is 0.248. The molecule has 0 spiro atoms. The van der Waals surface area contributed by atoms with E-state index >= 15 is 0 Å². The average molecular weight is 528 g/mol. The third-order valence-electron chi connectivity index (χ3n) is 7.02. The van der Waals surface area contributed by atoms with Crippen molar-refractivity contribution in [3.05, 3.63) is 108 Å². The molecule has 0 saturated heterocycles. The summed E-state index contributed by atoms with van der Waals surface area (Å²) in [7, 11) is 1.88. The lowest BCUT2D eigenvalue weighted by Gasteiger charge is -2.12. The Morgan fingerprint density at radius 2 is 1.64 bits per heavy atom. The van der Waals surface area contributed by atoms with Crippen LogP contribution in [-0.4, -0.2) is 20.8 Å². The SMILES string of the molecule is Cn1ncc2c(-c3ccc(NC(=O)Nc4cccc(C(F)(F)F)c4)cc3)cc(C3CC3c3ccccc3)nc21. The Kier molecular flexibility index (Phi) is 6.06. The first-order valence-electron chi connectivity index (χ1n) is 12.5. The summed E-state index contributed by atoms with van der Waals surface area (Å²) in [6.07, 6.45) is -1.64. The Morgan fingerprint density at radius 1 is 0.897 bits per heavy atom. The van der Waals surface area contributed by atoms with Crippen molar-refractivity contribution < 1.29 is 18.0 Å². The number of hydrogen-bond acceptors (Lipinski definition) is 3. The van der Waals surface area contributed by atoms with Crippen molar-refractivity contribution in [3.8, 4) is 11.1 Å². The number of carbonyl (C=O) groups excluding carboxylic acids is 1. The summed E-state index contributed by atoms with van der Waals surface area (Å²) in [5, 5.41) is 10.5. The van der Waals surface area contributed by atoms with Gasteiger partial charge in [0.2, 0.25) is 0 Å². The highest BCUT2D eigenvalue weighted by Gasteiger charge is 2.41. The highest BCUT2D eigenvalue weighted by atomic mass is 19.4. The molecule has 2 N–H and O–H groups in total. The molecule has 6 rings (SSSR count). The molecular weight excluding hydrogens is 503 g/mol. The number of rotatable bonds is 5. The van der Waals surface area contributed by atoms with E-state index in [1.807, 2.05) is 25.2 Å². The average Bonchev–Trinajstić information content (AvgIpc) is 3.65. The van der Waals surface area contributed by atoms with Crippen LogP contribution in [0.1, 0.15) is 35.1 Å². The third kappa shape index (κ3) is 5.07. The molecule has 0 radical (unpaired) electrons. The van der Waals surface area contributed by atoms with Crippen LogP contribution in [0.5, 0.6) is 0 Å². The van der Waals surface area contributed by atoms with Crippen LogP contribution in [0, 0.1) is 0 Å². The van der Waals surface area contributed by atoms with E-state index in [9.17, 15) is 18.0 Å². The van der Waals surface area contributed by atoms with E-state index in [4.69, 9.17) is 4.98 Å². The number of carbonyl (C=O) groups is 1. The summed E-state index contributed by atoms with van der Waals surface area (Å²) in [6.45, 7) is 0. The minimum Gasteiger partial charge on any atom is -0.308 e. The molecule has 2 unspecified atom stereocenters. The molecule has 1 fully saturated rings. The van der Waals surface area contributed by atoms with Gasteiger partial charge in [0.1, 0.15) is 0 Å². The second-order valence-electron chi connectivity index (χ2n) is 9.69. The van der Waals surface area contributed by atoms with Crippen LogP contribution in [0.15, 0.2) is 91.1 Å². The van der Waals surface area contributed by atoms with Crippen molar-refractivity contribution in [3.63, 3.8) is 0 Å². The topological polar surface area (TPSA) is 71.8 Å². The van der Waals surface area contributed by atoms with Gasteiger partial charge in [0.25, 0.3) is 0 Å². The summed E-state index contributed by atoms with van der Waals surface area (Å²) in [4.78, 5) is 17.4. The van der Waals surface area contributed by atoms with Gasteiger partial charge in [0.05, 0.1) is 11.8 Å². The molecule has 39 heavy (non-hydrogen) atoms. The zero-order chi connectivity index (χ0) is 27.1. The number of alkyl halides is 3. The number of pyridine rings is 1. The van der Waals surface area contributed by atoms with Crippen molar-refractivity contribution in [2.24, 2.45) is 7.05 Å². The van der Waals surface area contributed by atoms with Gasteiger partial charge in [-0.25, -0.2) is 9.78 Å². The monoisotopic (exact) mass is 527 g/mol. The number of aryl methyl sites for hydroxylation is 1. The highest BCUT2D eigenvalue weighted by Crippen LogP contribution is 2.54. The van der Waals surface area contributed by atoms with Crippen LogP contribution in [0.25, 0.3) is 22.2 Å². The second-order valence-corrected chi connectivity index (χ2v) is 9.69. The van der Waals surface area contributed by atoms with Crippen LogP contribution >= 0.6 is 0 Å². The molecule has 2 amide bonds. The predicted octanol–water partition coefficient (Wildman–Crippen LogP) is 7.57. The minimum atomic E-state index is -4.49. The lowest BCUT2D eigenvalue weighted by molar-refractivity contribution is -0.137. The molecule has 196 valence electrons. The van der Waals surface area contributed by atoms with Gasteiger partial charge in [-0.2, -0.15) is 18.3 Å². The van der Waals surface area contributed by atoms with Gasteiger partial charge >= 0.3 is 12.2 Å². The van der Waals surface area contributed by atoms with Crippen LogP contribution in [0.4, 0.5) is 29.3 Å². The van der Waals surface area contributed by atoms with Crippen molar-refractivity contribution in [1.29, 1.82) is 0 Å². The van der Waals surface area contributed by atoms with Crippen molar-refractivity contribution in [2.75, 3.05) is 10.6 Å².